The van der Waals surface area contributed by atoms with Gasteiger partial charge in [-0.1, -0.05) is 13.8 Å². The number of nitro groups is 1. The Labute approximate surface area is 140 Å². The normalized spacial score (nSPS) is 12.3. The summed E-state index contributed by atoms with van der Waals surface area (Å²) in [6.45, 7) is 8.63. The zero-order valence-electron chi connectivity index (χ0n) is 12.9. The summed E-state index contributed by atoms with van der Waals surface area (Å²) in [6, 6.07) is 4.59. The van der Waals surface area contributed by atoms with Crippen molar-refractivity contribution in [1.29, 1.82) is 0 Å². The molecular formula is C14H22INO4Si. The lowest BCUT2D eigenvalue weighted by Gasteiger charge is -2.35. The highest BCUT2D eigenvalue weighted by molar-refractivity contribution is 14.1. The van der Waals surface area contributed by atoms with Crippen LogP contribution in [0.3, 0.4) is 0 Å². The number of nitro benzene ring substituents is 1. The second-order valence-corrected chi connectivity index (χ2v) is 11.9. The van der Waals surface area contributed by atoms with Crippen molar-refractivity contribution in [3.8, 4) is 5.75 Å². The number of ether oxygens (including phenoxy) is 1. The zero-order valence-corrected chi connectivity index (χ0v) is 16.0. The Morgan fingerprint density at radius 3 is 2.52 bits per heavy atom. The minimum absolute atomic E-state index is 0.0566. The van der Waals surface area contributed by atoms with E-state index in [-0.39, 0.29) is 10.7 Å². The molecule has 0 spiro atoms. The molecule has 7 heteroatoms. The van der Waals surface area contributed by atoms with E-state index in [0.717, 1.165) is 16.4 Å². The van der Waals surface area contributed by atoms with Crippen LogP contribution >= 0.6 is 22.6 Å². The van der Waals surface area contributed by atoms with Crippen molar-refractivity contribution in [3.63, 3.8) is 0 Å². The van der Waals surface area contributed by atoms with Crippen molar-refractivity contribution in [2.75, 3.05) is 6.61 Å². The summed E-state index contributed by atoms with van der Waals surface area (Å²) in [5, 5.41) is 10.6. The van der Waals surface area contributed by atoms with Gasteiger partial charge in [-0.25, -0.2) is 0 Å². The van der Waals surface area contributed by atoms with E-state index in [0.29, 0.717) is 12.4 Å². The van der Waals surface area contributed by atoms with Gasteiger partial charge in [0.15, 0.2) is 8.32 Å². The number of hydrogen-bond donors (Lipinski definition) is 1. The molecule has 1 rings (SSSR count). The van der Waals surface area contributed by atoms with Crippen LogP contribution in [0, 0.1) is 13.7 Å². The van der Waals surface area contributed by atoms with Crippen LogP contribution in [0.5, 0.6) is 5.75 Å². The standard InChI is InChI=1S/C14H22INO4Si/c1-14(2,21(3,4)19)8-5-9-20-13-7-6-11(16(17)18)10-12(13)15/h6-7,10,19H,5,8-9H2,1-4H3. The first-order valence-corrected chi connectivity index (χ1v) is 10.9. The van der Waals surface area contributed by atoms with Gasteiger partial charge >= 0.3 is 0 Å². The lowest BCUT2D eigenvalue weighted by atomic mass is 10.1. The molecule has 0 saturated carbocycles. The number of non-ortho nitro benzene ring substituents is 1. The van der Waals surface area contributed by atoms with Gasteiger partial charge in [0.25, 0.3) is 5.69 Å². The fourth-order valence-electron chi connectivity index (χ4n) is 1.72. The Hall–Kier alpha value is -0.673. The Morgan fingerprint density at radius 1 is 1.43 bits per heavy atom. The zero-order chi connectivity index (χ0) is 16.3. The van der Waals surface area contributed by atoms with Gasteiger partial charge in [-0.3, -0.25) is 10.1 Å². The van der Waals surface area contributed by atoms with Gasteiger partial charge in [0.2, 0.25) is 0 Å². The molecule has 21 heavy (non-hydrogen) atoms. The fourth-order valence-corrected chi connectivity index (χ4v) is 3.17. The van der Waals surface area contributed by atoms with Crippen molar-refractivity contribution in [3.05, 3.63) is 31.9 Å². The first-order chi connectivity index (χ1) is 9.54. The monoisotopic (exact) mass is 423 g/mol. The topological polar surface area (TPSA) is 72.6 Å². The third-order valence-corrected chi connectivity index (χ3v) is 8.39. The van der Waals surface area contributed by atoms with Crippen LogP contribution in [0.25, 0.3) is 0 Å². The fraction of sp³-hybridized carbons (Fsp3) is 0.571. The molecule has 5 nitrogen and oxygen atoms in total. The smallest absolute Gasteiger partial charge is 0.270 e. The molecule has 0 aliphatic rings. The Morgan fingerprint density at radius 2 is 2.05 bits per heavy atom. The second-order valence-electron chi connectivity index (χ2n) is 6.27. The lowest BCUT2D eigenvalue weighted by molar-refractivity contribution is -0.385. The number of rotatable bonds is 7. The van der Waals surface area contributed by atoms with Crippen molar-refractivity contribution < 1.29 is 14.5 Å². The molecule has 0 aliphatic carbocycles. The van der Waals surface area contributed by atoms with Crippen molar-refractivity contribution in [2.45, 2.75) is 44.8 Å². The molecule has 118 valence electrons. The molecule has 1 aromatic carbocycles. The third kappa shape index (κ3) is 5.22. The third-order valence-electron chi connectivity index (χ3n) is 3.99. The van der Waals surface area contributed by atoms with E-state index in [9.17, 15) is 14.9 Å². The van der Waals surface area contributed by atoms with Crippen molar-refractivity contribution >= 4 is 36.6 Å². The van der Waals surface area contributed by atoms with Crippen molar-refractivity contribution in [1.82, 2.24) is 0 Å². The summed E-state index contributed by atoms with van der Waals surface area (Å²) < 4.78 is 6.42. The molecule has 0 heterocycles. The van der Waals surface area contributed by atoms with E-state index in [1.165, 1.54) is 12.1 Å². The lowest BCUT2D eigenvalue weighted by Crippen LogP contribution is -2.39. The molecule has 0 fully saturated rings. The van der Waals surface area contributed by atoms with Crippen LogP contribution in [0.15, 0.2) is 18.2 Å². The maximum absolute atomic E-state index is 10.7. The Bertz CT molecular complexity index is 514. The predicted molar refractivity (Wildman–Crippen MR) is 94.3 cm³/mol. The largest absolute Gasteiger partial charge is 0.492 e. The maximum Gasteiger partial charge on any atom is 0.270 e. The molecule has 1 N–H and O–H groups in total. The molecule has 0 saturated heterocycles. The maximum atomic E-state index is 10.7. The Balaban J connectivity index is 2.52. The molecular weight excluding hydrogens is 401 g/mol. The molecule has 0 radical (unpaired) electrons. The SMILES string of the molecule is CC(C)(CCCOc1ccc([N+](=O)[O-])cc1I)[Si](C)(C)O. The molecule has 0 aromatic heterocycles. The molecule has 0 bridgehead atoms. The van der Waals surface area contributed by atoms with Crippen LogP contribution in [0.4, 0.5) is 5.69 Å². The summed E-state index contributed by atoms with van der Waals surface area (Å²) in [7, 11) is -2.18. The van der Waals surface area contributed by atoms with Gasteiger partial charge in [-0.05, 0) is 59.6 Å². The molecule has 1 aromatic rings. The predicted octanol–water partition coefficient (Wildman–Crippen LogP) is 4.34. The number of hydrogen-bond acceptors (Lipinski definition) is 4. The number of halogens is 1. The van der Waals surface area contributed by atoms with Crippen LogP contribution in [-0.4, -0.2) is 24.6 Å². The highest BCUT2D eigenvalue weighted by Crippen LogP contribution is 2.39. The van der Waals surface area contributed by atoms with Crippen LogP contribution in [0.1, 0.15) is 26.7 Å². The van der Waals surface area contributed by atoms with E-state index in [2.05, 4.69) is 13.8 Å². The van der Waals surface area contributed by atoms with E-state index >= 15 is 0 Å². The van der Waals surface area contributed by atoms with Gasteiger partial charge < -0.3 is 9.53 Å². The summed E-state index contributed by atoms with van der Waals surface area (Å²) >= 11 is 2.04. The van der Waals surface area contributed by atoms with Crippen LogP contribution in [-0.2, 0) is 0 Å². The average molecular weight is 423 g/mol. The first-order valence-electron chi connectivity index (χ1n) is 6.84. The summed E-state index contributed by atoms with van der Waals surface area (Å²) in [4.78, 5) is 20.5. The van der Waals surface area contributed by atoms with Gasteiger partial charge in [0.1, 0.15) is 5.75 Å². The van der Waals surface area contributed by atoms with E-state index < -0.39 is 13.2 Å². The highest BCUT2D eigenvalue weighted by atomic mass is 127. The summed E-state index contributed by atoms with van der Waals surface area (Å²) in [6.07, 6.45) is 1.74. The Kier molecular flexibility index (Phi) is 6.18. The average Bonchev–Trinajstić information content (AvgIpc) is 2.34. The summed E-state index contributed by atoms with van der Waals surface area (Å²) in [5.41, 5.74) is 0.0703. The van der Waals surface area contributed by atoms with E-state index in [4.69, 9.17) is 4.74 Å². The molecule has 0 atom stereocenters. The molecule has 0 amide bonds. The van der Waals surface area contributed by atoms with Gasteiger partial charge in [0.05, 0.1) is 15.1 Å². The van der Waals surface area contributed by atoms with Gasteiger partial charge in [0, 0.05) is 12.1 Å². The first kappa shape index (κ1) is 18.4. The quantitative estimate of drug-likeness (QED) is 0.233. The highest BCUT2D eigenvalue weighted by Gasteiger charge is 2.37. The van der Waals surface area contributed by atoms with Crippen molar-refractivity contribution in [2.24, 2.45) is 0 Å². The van der Waals surface area contributed by atoms with E-state index in [1.807, 2.05) is 35.7 Å². The minimum atomic E-state index is -2.18. The van der Waals surface area contributed by atoms with E-state index in [1.54, 1.807) is 6.07 Å². The minimum Gasteiger partial charge on any atom is -0.492 e. The van der Waals surface area contributed by atoms with Crippen LogP contribution in [0.2, 0.25) is 18.1 Å². The molecule has 0 aliphatic heterocycles. The summed E-state index contributed by atoms with van der Waals surface area (Å²) in [5.74, 6) is 0.666. The number of nitrogens with zero attached hydrogens (tertiary/aromatic N) is 1. The van der Waals surface area contributed by atoms with Gasteiger partial charge in [-0.2, -0.15) is 0 Å². The van der Waals surface area contributed by atoms with Crippen LogP contribution < -0.4 is 4.74 Å². The number of benzene rings is 1. The second kappa shape index (κ2) is 7.06. The molecule has 0 unspecified atom stereocenters. The van der Waals surface area contributed by atoms with Gasteiger partial charge in [-0.15, -0.1) is 0 Å².